The van der Waals surface area contributed by atoms with Gasteiger partial charge in [0.05, 0.1) is 11.4 Å². The van der Waals surface area contributed by atoms with Crippen molar-refractivity contribution in [3.05, 3.63) is 89.8 Å². The maximum Gasteiger partial charge on any atom is 0.116 e. The molecule has 31 heavy (non-hydrogen) atoms. The average Bonchev–Trinajstić information content (AvgIpc) is 3.06. The summed E-state index contributed by atoms with van der Waals surface area (Å²) in [6.07, 6.45) is 6.18. The lowest BCUT2D eigenvalue weighted by Gasteiger charge is -2.22. The largest absolute Gasteiger partial charge is 0.236 e. The molecule has 0 unspecified atom stereocenters. The Morgan fingerprint density at radius 1 is 0.774 bits per heavy atom. The van der Waals surface area contributed by atoms with Crippen LogP contribution < -0.4 is 0 Å². The first-order chi connectivity index (χ1) is 14.7. The van der Waals surface area contributed by atoms with Crippen LogP contribution >= 0.6 is 0 Å². The van der Waals surface area contributed by atoms with Crippen molar-refractivity contribution in [2.24, 2.45) is 0 Å². The third kappa shape index (κ3) is 3.46. The van der Waals surface area contributed by atoms with Gasteiger partial charge in [0.2, 0.25) is 0 Å². The van der Waals surface area contributed by atoms with Gasteiger partial charge in [0, 0.05) is 16.5 Å². The number of aromatic nitrogens is 2. The van der Waals surface area contributed by atoms with Crippen molar-refractivity contribution >= 4 is 16.8 Å². The number of allylic oxidation sites excluding steroid dienone is 1. The van der Waals surface area contributed by atoms with E-state index in [1.165, 1.54) is 27.5 Å². The van der Waals surface area contributed by atoms with Gasteiger partial charge in [0.1, 0.15) is 6.33 Å². The maximum absolute atomic E-state index is 4.64. The molecule has 0 atom stereocenters. The number of hydrogen-bond acceptors (Lipinski definition) is 2. The summed E-state index contributed by atoms with van der Waals surface area (Å²) in [6, 6.07) is 21.9. The number of rotatable bonds is 2. The van der Waals surface area contributed by atoms with Crippen LogP contribution in [-0.4, -0.2) is 9.97 Å². The Labute approximate surface area is 184 Å². The van der Waals surface area contributed by atoms with E-state index in [1.54, 1.807) is 6.33 Å². The van der Waals surface area contributed by atoms with Crippen LogP contribution in [0.2, 0.25) is 0 Å². The second kappa shape index (κ2) is 6.88. The summed E-state index contributed by atoms with van der Waals surface area (Å²) >= 11 is 0. The fourth-order valence-corrected chi connectivity index (χ4v) is 4.56. The predicted molar refractivity (Wildman–Crippen MR) is 131 cm³/mol. The number of hydrogen-bond donors (Lipinski definition) is 0. The molecule has 1 heterocycles. The summed E-state index contributed by atoms with van der Waals surface area (Å²) in [6.45, 7) is 11.3. The van der Waals surface area contributed by atoms with E-state index in [-0.39, 0.29) is 10.8 Å². The molecule has 2 nitrogen and oxygen atoms in total. The summed E-state index contributed by atoms with van der Waals surface area (Å²) < 4.78 is 0. The van der Waals surface area contributed by atoms with Gasteiger partial charge in [-0.15, -0.1) is 0 Å². The van der Waals surface area contributed by atoms with Crippen LogP contribution in [0.25, 0.3) is 39.4 Å². The van der Waals surface area contributed by atoms with Gasteiger partial charge in [-0.1, -0.05) is 83.2 Å². The van der Waals surface area contributed by atoms with Gasteiger partial charge in [-0.05, 0) is 57.1 Å². The van der Waals surface area contributed by atoms with Gasteiger partial charge < -0.3 is 0 Å². The van der Waals surface area contributed by atoms with Crippen molar-refractivity contribution in [3.63, 3.8) is 0 Å². The van der Waals surface area contributed by atoms with E-state index in [1.807, 2.05) is 0 Å². The first-order valence-corrected chi connectivity index (χ1v) is 10.9. The molecule has 1 aromatic heterocycles. The topological polar surface area (TPSA) is 25.8 Å². The Kier molecular flexibility index (Phi) is 4.37. The first kappa shape index (κ1) is 19.7. The molecule has 2 heteroatoms. The molecule has 0 bridgehead atoms. The minimum Gasteiger partial charge on any atom is -0.236 e. The Balaban J connectivity index is 1.63. The van der Waals surface area contributed by atoms with Crippen LogP contribution in [0.3, 0.4) is 0 Å². The van der Waals surface area contributed by atoms with Crippen molar-refractivity contribution in [3.8, 4) is 22.5 Å². The predicted octanol–water partition coefficient (Wildman–Crippen LogP) is 7.57. The lowest BCUT2D eigenvalue weighted by Crippen LogP contribution is -2.12. The van der Waals surface area contributed by atoms with Crippen molar-refractivity contribution in [1.29, 1.82) is 0 Å². The van der Waals surface area contributed by atoms with Gasteiger partial charge in [0.25, 0.3) is 0 Å². The molecule has 0 N–H and O–H groups in total. The number of fused-ring (bicyclic) bond motifs is 2. The summed E-state index contributed by atoms with van der Waals surface area (Å²) in [4.78, 5) is 9.25. The second-order valence-electron chi connectivity index (χ2n) is 10.1. The van der Waals surface area contributed by atoms with Gasteiger partial charge in [0.15, 0.2) is 0 Å². The fourth-order valence-electron chi connectivity index (χ4n) is 4.56. The number of nitrogens with zero attached hydrogens (tertiary/aromatic N) is 2. The quantitative estimate of drug-likeness (QED) is 0.344. The smallest absolute Gasteiger partial charge is 0.116 e. The fraction of sp³-hybridized carbons (Fsp3) is 0.241. The molecule has 1 aliphatic carbocycles. The van der Waals surface area contributed by atoms with Crippen molar-refractivity contribution in [1.82, 2.24) is 9.97 Å². The molecule has 1 aliphatic rings. The Hall–Kier alpha value is -3.26. The minimum atomic E-state index is 0.0457. The Morgan fingerprint density at radius 3 is 2.29 bits per heavy atom. The third-order valence-electron chi connectivity index (χ3n) is 6.36. The van der Waals surface area contributed by atoms with Crippen LogP contribution in [0.5, 0.6) is 0 Å². The molecule has 5 rings (SSSR count). The van der Waals surface area contributed by atoms with Crippen LogP contribution in [0, 0.1) is 0 Å². The molecule has 0 saturated heterocycles. The van der Waals surface area contributed by atoms with E-state index in [2.05, 4.69) is 117 Å². The van der Waals surface area contributed by atoms with Crippen molar-refractivity contribution in [2.45, 2.75) is 45.4 Å². The van der Waals surface area contributed by atoms with Crippen LogP contribution in [-0.2, 0) is 10.8 Å². The van der Waals surface area contributed by atoms with Gasteiger partial charge in [-0.2, -0.15) is 0 Å². The molecule has 3 aromatic carbocycles. The highest BCUT2D eigenvalue weighted by atomic mass is 14.8. The lowest BCUT2D eigenvalue weighted by atomic mass is 9.82. The summed E-state index contributed by atoms with van der Waals surface area (Å²) in [5.41, 5.74) is 8.28. The lowest BCUT2D eigenvalue weighted by molar-refractivity contribution is 0.596. The average molecular weight is 405 g/mol. The van der Waals surface area contributed by atoms with E-state index in [4.69, 9.17) is 0 Å². The van der Waals surface area contributed by atoms with Gasteiger partial charge in [-0.3, -0.25) is 0 Å². The highest BCUT2D eigenvalue weighted by Crippen LogP contribution is 2.38. The molecular formula is C29H28N2. The molecular weight excluding hydrogens is 376 g/mol. The van der Waals surface area contributed by atoms with Crippen molar-refractivity contribution in [2.75, 3.05) is 0 Å². The molecule has 0 saturated carbocycles. The zero-order valence-electron chi connectivity index (χ0n) is 18.9. The summed E-state index contributed by atoms with van der Waals surface area (Å²) in [7, 11) is 0. The summed E-state index contributed by atoms with van der Waals surface area (Å²) in [5.74, 6) is 0. The highest BCUT2D eigenvalue weighted by Gasteiger charge is 2.25. The molecule has 0 aliphatic heterocycles. The second-order valence-corrected chi connectivity index (χ2v) is 10.1. The highest BCUT2D eigenvalue weighted by molar-refractivity contribution is 5.91. The molecule has 4 aromatic rings. The molecule has 0 amide bonds. The van der Waals surface area contributed by atoms with Crippen molar-refractivity contribution < 1.29 is 0 Å². The normalized spacial score (nSPS) is 14.7. The summed E-state index contributed by atoms with van der Waals surface area (Å²) in [5, 5.41) is 2.55. The standard InChI is InChI=1S/C29H28N2/c1-28(2,3)25-16-22(14-20-8-6-7-9-23(20)25)27-17-26(30-18-31-27)21-11-10-19-12-13-29(4,5)24(19)15-21/h6-18H,1-5H3. The van der Waals surface area contributed by atoms with Gasteiger partial charge >= 0.3 is 0 Å². The molecule has 0 radical (unpaired) electrons. The third-order valence-corrected chi connectivity index (χ3v) is 6.36. The van der Waals surface area contributed by atoms with E-state index in [0.717, 1.165) is 22.5 Å². The monoisotopic (exact) mass is 404 g/mol. The van der Waals surface area contributed by atoms with E-state index in [0.29, 0.717) is 0 Å². The Morgan fingerprint density at radius 2 is 1.52 bits per heavy atom. The minimum absolute atomic E-state index is 0.0457. The first-order valence-electron chi connectivity index (χ1n) is 10.9. The van der Waals surface area contributed by atoms with Crippen LogP contribution in [0.15, 0.2) is 73.1 Å². The zero-order valence-corrected chi connectivity index (χ0v) is 18.9. The number of benzene rings is 3. The van der Waals surface area contributed by atoms with E-state index >= 15 is 0 Å². The zero-order chi connectivity index (χ0) is 21.8. The molecule has 0 fully saturated rings. The van der Waals surface area contributed by atoms with Crippen LogP contribution in [0.4, 0.5) is 0 Å². The Bertz CT molecular complexity index is 1340. The SMILES string of the molecule is CC(C)(C)c1cc(-c2cc(-c3ccc4c(c3)C(C)(C)C=C4)ncn2)cc2ccccc12. The van der Waals surface area contributed by atoms with Gasteiger partial charge in [-0.25, -0.2) is 9.97 Å². The van der Waals surface area contributed by atoms with E-state index in [9.17, 15) is 0 Å². The molecule has 0 spiro atoms. The maximum atomic E-state index is 4.64. The molecule has 154 valence electrons. The van der Waals surface area contributed by atoms with E-state index < -0.39 is 0 Å². The van der Waals surface area contributed by atoms with Crippen LogP contribution in [0.1, 0.15) is 51.3 Å².